The van der Waals surface area contributed by atoms with Crippen LogP contribution in [0, 0.1) is 11.3 Å². The fourth-order valence-corrected chi connectivity index (χ4v) is 3.41. The number of para-hydroxylation sites is 1. The molecule has 0 amide bonds. The number of nitrogens with one attached hydrogen (secondary N) is 2. The summed E-state index contributed by atoms with van der Waals surface area (Å²) < 4.78 is 6.01. The van der Waals surface area contributed by atoms with Gasteiger partial charge in [0.15, 0.2) is 0 Å². The van der Waals surface area contributed by atoms with E-state index >= 15 is 0 Å². The second-order valence-electron chi connectivity index (χ2n) is 7.37. The van der Waals surface area contributed by atoms with Crippen LogP contribution < -0.4 is 10.9 Å². The molecule has 1 aliphatic rings. The molecule has 2 N–H and O–H groups in total. The van der Waals surface area contributed by atoms with Gasteiger partial charge in [-0.3, -0.25) is 9.78 Å². The van der Waals surface area contributed by atoms with Gasteiger partial charge < -0.3 is 10.1 Å². The van der Waals surface area contributed by atoms with Crippen molar-refractivity contribution in [3.63, 3.8) is 0 Å². The van der Waals surface area contributed by atoms with Crippen LogP contribution >= 0.6 is 0 Å². The molecule has 5 heteroatoms. The summed E-state index contributed by atoms with van der Waals surface area (Å²) in [5, 5.41) is 3.92. The van der Waals surface area contributed by atoms with Crippen molar-refractivity contribution in [2.45, 2.75) is 39.7 Å². The summed E-state index contributed by atoms with van der Waals surface area (Å²) in [7, 11) is 0. The van der Waals surface area contributed by atoms with E-state index in [0.29, 0.717) is 22.8 Å². The molecule has 0 saturated carbocycles. The minimum atomic E-state index is -0.106. The zero-order valence-electron chi connectivity index (χ0n) is 14.1. The van der Waals surface area contributed by atoms with Crippen LogP contribution in [0.3, 0.4) is 0 Å². The van der Waals surface area contributed by atoms with Gasteiger partial charge in [0.05, 0.1) is 17.0 Å². The number of rotatable bonds is 3. The molecule has 124 valence electrons. The highest BCUT2D eigenvalue weighted by molar-refractivity contribution is 5.78. The molecule has 1 saturated heterocycles. The van der Waals surface area contributed by atoms with Gasteiger partial charge in [0.25, 0.3) is 5.56 Å². The standard InChI is InChI=1S/C18H25N3O2/c1-18(2,3)15-12(7-6-10-23-15)11-19-17-20-14-9-5-4-8-13(14)16(22)21-17/h4-5,8-9,12,15H,6-7,10-11H2,1-3H3,(H2,19,20,21,22). The first-order valence-corrected chi connectivity index (χ1v) is 8.30. The predicted molar refractivity (Wildman–Crippen MR) is 92.8 cm³/mol. The van der Waals surface area contributed by atoms with Crippen LogP contribution in [-0.4, -0.2) is 29.2 Å². The molecule has 0 aliphatic carbocycles. The van der Waals surface area contributed by atoms with Crippen molar-refractivity contribution in [1.29, 1.82) is 0 Å². The summed E-state index contributed by atoms with van der Waals surface area (Å²) >= 11 is 0. The van der Waals surface area contributed by atoms with Gasteiger partial charge >= 0.3 is 0 Å². The third-order valence-corrected chi connectivity index (χ3v) is 4.44. The Morgan fingerprint density at radius 3 is 2.91 bits per heavy atom. The monoisotopic (exact) mass is 315 g/mol. The van der Waals surface area contributed by atoms with Gasteiger partial charge in [-0.05, 0) is 30.4 Å². The summed E-state index contributed by atoms with van der Waals surface area (Å²) in [5.41, 5.74) is 0.716. The number of H-pyrrole nitrogens is 1. The Bertz CT molecular complexity index is 733. The number of anilines is 1. The zero-order valence-corrected chi connectivity index (χ0v) is 14.1. The van der Waals surface area contributed by atoms with Crippen LogP contribution in [0.1, 0.15) is 33.6 Å². The van der Waals surface area contributed by atoms with Crippen LogP contribution in [0.15, 0.2) is 29.1 Å². The SMILES string of the molecule is CC(C)(C)C1OCCCC1CNc1nc2ccccc2c(=O)[nH]1. The van der Waals surface area contributed by atoms with Gasteiger partial charge in [-0.15, -0.1) is 0 Å². The molecule has 5 nitrogen and oxygen atoms in total. The molecular weight excluding hydrogens is 290 g/mol. The third kappa shape index (κ3) is 3.55. The normalized spacial score (nSPS) is 22.2. The van der Waals surface area contributed by atoms with Gasteiger partial charge in [-0.1, -0.05) is 32.9 Å². The maximum atomic E-state index is 12.1. The van der Waals surface area contributed by atoms with E-state index in [1.165, 1.54) is 0 Å². The first kappa shape index (κ1) is 16.0. The van der Waals surface area contributed by atoms with E-state index in [2.05, 4.69) is 36.1 Å². The molecule has 1 aliphatic heterocycles. The van der Waals surface area contributed by atoms with Crippen molar-refractivity contribution in [3.8, 4) is 0 Å². The number of nitrogens with zero attached hydrogens (tertiary/aromatic N) is 1. The second kappa shape index (κ2) is 6.32. The number of hydrogen-bond acceptors (Lipinski definition) is 4. The van der Waals surface area contributed by atoms with Crippen molar-refractivity contribution < 1.29 is 4.74 Å². The van der Waals surface area contributed by atoms with Crippen LogP contribution in [0.25, 0.3) is 10.9 Å². The molecule has 0 bridgehead atoms. The molecule has 0 radical (unpaired) electrons. The van der Waals surface area contributed by atoms with Crippen molar-refractivity contribution in [2.24, 2.45) is 11.3 Å². The quantitative estimate of drug-likeness (QED) is 0.913. The number of benzene rings is 1. The highest BCUT2D eigenvalue weighted by Crippen LogP contribution is 2.34. The molecule has 2 unspecified atom stereocenters. The molecule has 23 heavy (non-hydrogen) atoms. The topological polar surface area (TPSA) is 67.0 Å². The Labute approximate surface area is 136 Å². The van der Waals surface area contributed by atoms with E-state index in [1.807, 2.05) is 18.2 Å². The summed E-state index contributed by atoms with van der Waals surface area (Å²) in [6.45, 7) is 8.23. The van der Waals surface area contributed by atoms with Gasteiger partial charge in [0.1, 0.15) is 0 Å². The van der Waals surface area contributed by atoms with Crippen LogP contribution in [0.5, 0.6) is 0 Å². The van der Waals surface area contributed by atoms with Crippen LogP contribution in [0.2, 0.25) is 0 Å². The number of aromatic amines is 1. The Hall–Kier alpha value is -1.88. The summed E-state index contributed by atoms with van der Waals surface area (Å²) in [4.78, 5) is 19.4. The highest BCUT2D eigenvalue weighted by atomic mass is 16.5. The fraction of sp³-hybridized carbons (Fsp3) is 0.556. The summed E-state index contributed by atoms with van der Waals surface area (Å²) in [5.74, 6) is 0.951. The maximum Gasteiger partial charge on any atom is 0.260 e. The molecular formula is C18H25N3O2. The largest absolute Gasteiger partial charge is 0.377 e. The number of hydrogen-bond donors (Lipinski definition) is 2. The lowest BCUT2D eigenvalue weighted by atomic mass is 9.78. The van der Waals surface area contributed by atoms with Crippen molar-refractivity contribution in [1.82, 2.24) is 9.97 Å². The molecule has 0 spiro atoms. The Morgan fingerprint density at radius 2 is 2.13 bits per heavy atom. The smallest absolute Gasteiger partial charge is 0.260 e. The Morgan fingerprint density at radius 1 is 1.35 bits per heavy atom. The molecule has 1 fully saturated rings. The van der Waals surface area contributed by atoms with E-state index in [1.54, 1.807) is 6.07 Å². The van der Waals surface area contributed by atoms with Crippen molar-refractivity contribution >= 4 is 16.9 Å². The first-order chi connectivity index (χ1) is 10.9. The van der Waals surface area contributed by atoms with E-state index in [9.17, 15) is 4.79 Å². The third-order valence-electron chi connectivity index (χ3n) is 4.44. The van der Waals surface area contributed by atoms with Gasteiger partial charge in [-0.25, -0.2) is 4.98 Å². The van der Waals surface area contributed by atoms with Gasteiger partial charge in [-0.2, -0.15) is 0 Å². The fourth-order valence-electron chi connectivity index (χ4n) is 3.41. The molecule has 1 aromatic carbocycles. The van der Waals surface area contributed by atoms with E-state index < -0.39 is 0 Å². The number of aromatic nitrogens is 2. The van der Waals surface area contributed by atoms with E-state index in [4.69, 9.17) is 4.74 Å². The first-order valence-electron chi connectivity index (χ1n) is 8.30. The Kier molecular flexibility index (Phi) is 4.39. The number of fused-ring (bicyclic) bond motifs is 1. The molecule has 1 aromatic heterocycles. The molecule has 2 atom stereocenters. The van der Waals surface area contributed by atoms with Crippen LogP contribution in [0.4, 0.5) is 5.95 Å². The van der Waals surface area contributed by atoms with Crippen molar-refractivity contribution in [2.75, 3.05) is 18.5 Å². The second-order valence-corrected chi connectivity index (χ2v) is 7.37. The van der Waals surface area contributed by atoms with Gasteiger partial charge in [0, 0.05) is 19.1 Å². The summed E-state index contributed by atoms with van der Waals surface area (Å²) in [6, 6.07) is 7.38. The summed E-state index contributed by atoms with van der Waals surface area (Å²) in [6.07, 6.45) is 2.43. The zero-order chi connectivity index (χ0) is 16.4. The van der Waals surface area contributed by atoms with Crippen LogP contribution in [-0.2, 0) is 4.74 Å². The molecule has 2 aromatic rings. The lowest BCUT2D eigenvalue weighted by Gasteiger charge is -2.40. The minimum Gasteiger partial charge on any atom is -0.377 e. The van der Waals surface area contributed by atoms with Gasteiger partial charge in [0.2, 0.25) is 5.95 Å². The van der Waals surface area contributed by atoms with E-state index in [-0.39, 0.29) is 17.1 Å². The molecule has 2 heterocycles. The lowest BCUT2D eigenvalue weighted by molar-refractivity contribution is -0.0814. The molecule has 3 rings (SSSR count). The highest BCUT2D eigenvalue weighted by Gasteiger charge is 2.35. The van der Waals surface area contributed by atoms with E-state index in [0.717, 1.165) is 26.0 Å². The average molecular weight is 315 g/mol. The minimum absolute atomic E-state index is 0.106. The maximum absolute atomic E-state index is 12.1. The lowest BCUT2D eigenvalue weighted by Crippen LogP contribution is -2.42. The number of ether oxygens (including phenoxy) is 1. The van der Waals surface area contributed by atoms with Crippen molar-refractivity contribution in [3.05, 3.63) is 34.6 Å². The predicted octanol–water partition coefficient (Wildman–Crippen LogP) is 3.18. The average Bonchev–Trinajstić information content (AvgIpc) is 2.52. The Balaban J connectivity index is 1.76.